The largest absolute Gasteiger partial charge is 0.369 e. The summed E-state index contributed by atoms with van der Waals surface area (Å²) in [5.41, 5.74) is 0.924. The van der Waals surface area contributed by atoms with E-state index in [9.17, 15) is 0 Å². The van der Waals surface area contributed by atoms with Crippen LogP contribution in [0.4, 0.5) is 5.82 Å². The van der Waals surface area contributed by atoms with Crippen LogP contribution in [0.5, 0.6) is 0 Å². The predicted octanol–water partition coefficient (Wildman–Crippen LogP) is 3.83. The molecule has 1 N–H and O–H groups in total. The fourth-order valence-corrected chi connectivity index (χ4v) is 2.07. The average molecular weight is 360 g/mol. The summed E-state index contributed by atoms with van der Waals surface area (Å²) >= 11 is 8.17. The summed E-state index contributed by atoms with van der Waals surface area (Å²) < 4.78 is 1.01. The summed E-state index contributed by atoms with van der Waals surface area (Å²) in [6.45, 7) is 2.87. The third-order valence-corrected chi connectivity index (χ3v) is 3.20. The molecule has 0 bridgehead atoms. The zero-order chi connectivity index (χ0) is 12.3. The van der Waals surface area contributed by atoms with Crippen molar-refractivity contribution in [3.8, 4) is 11.4 Å². The number of anilines is 1. The van der Waals surface area contributed by atoms with Crippen molar-refractivity contribution in [1.82, 2.24) is 9.97 Å². The number of aromatic nitrogens is 2. The Hall–Kier alpha value is -0.880. The van der Waals surface area contributed by atoms with Crippen LogP contribution in [0.1, 0.15) is 6.92 Å². The van der Waals surface area contributed by atoms with Crippen molar-refractivity contribution in [1.29, 1.82) is 0 Å². The van der Waals surface area contributed by atoms with Crippen molar-refractivity contribution in [2.24, 2.45) is 0 Å². The van der Waals surface area contributed by atoms with Gasteiger partial charge in [0.2, 0.25) is 0 Å². The highest BCUT2D eigenvalue weighted by molar-refractivity contribution is 14.1. The Balaban J connectivity index is 2.42. The third-order valence-electron chi connectivity index (χ3n) is 2.17. The number of nitrogens with zero attached hydrogens (tertiary/aromatic N) is 2. The summed E-state index contributed by atoms with van der Waals surface area (Å²) in [4.78, 5) is 8.80. The average Bonchev–Trinajstić information content (AvgIpc) is 2.32. The molecule has 0 radical (unpaired) electrons. The van der Waals surface area contributed by atoms with Crippen LogP contribution in [0.3, 0.4) is 0 Å². The highest BCUT2D eigenvalue weighted by Crippen LogP contribution is 2.22. The first-order valence-corrected chi connectivity index (χ1v) is 6.68. The Morgan fingerprint density at radius 1 is 1.41 bits per heavy atom. The summed E-state index contributed by atoms with van der Waals surface area (Å²) in [5.74, 6) is 1.54. The number of benzene rings is 1. The molecule has 0 saturated carbocycles. The second-order valence-corrected chi connectivity index (χ2v) is 5.03. The molecule has 88 valence electrons. The zero-order valence-corrected chi connectivity index (χ0v) is 12.2. The molecule has 17 heavy (non-hydrogen) atoms. The van der Waals surface area contributed by atoms with Gasteiger partial charge in [0.1, 0.15) is 5.82 Å². The minimum Gasteiger partial charge on any atom is -0.369 e. The van der Waals surface area contributed by atoms with E-state index in [-0.39, 0.29) is 0 Å². The van der Waals surface area contributed by atoms with Crippen molar-refractivity contribution < 1.29 is 0 Å². The summed E-state index contributed by atoms with van der Waals surface area (Å²) in [6, 6.07) is 7.54. The molecule has 0 aliphatic carbocycles. The van der Waals surface area contributed by atoms with Crippen LogP contribution in [0.2, 0.25) is 5.02 Å². The van der Waals surface area contributed by atoms with Crippen LogP contribution in [-0.4, -0.2) is 16.5 Å². The van der Waals surface area contributed by atoms with E-state index in [4.69, 9.17) is 11.6 Å². The summed E-state index contributed by atoms with van der Waals surface area (Å²) in [5, 5.41) is 3.90. The van der Waals surface area contributed by atoms with Gasteiger partial charge < -0.3 is 5.32 Å². The van der Waals surface area contributed by atoms with E-state index < -0.39 is 0 Å². The number of rotatable bonds is 3. The highest BCUT2D eigenvalue weighted by Gasteiger charge is 2.06. The molecule has 0 atom stereocenters. The first-order chi connectivity index (χ1) is 8.20. The van der Waals surface area contributed by atoms with Crippen LogP contribution in [0.25, 0.3) is 11.4 Å². The van der Waals surface area contributed by atoms with Gasteiger partial charge in [0.05, 0.1) is 3.57 Å². The maximum Gasteiger partial charge on any atom is 0.161 e. The lowest BCUT2D eigenvalue weighted by Gasteiger charge is -2.07. The number of hydrogen-bond donors (Lipinski definition) is 1. The van der Waals surface area contributed by atoms with E-state index in [1.165, 1.54) is 0 Å². The molecule has 0 amide bonds. The van der Waals surface area contributed by atoms with Crippen molar-refractivity contribution >= 4 is 40.0 Å². The van der Waals surface area contributed by atoms with Crippen LogP contribution in [0.15, 0.2) is 30.5 Å². The monoisotopic (exact) mass is 359 g/mol. The van der Waals surface area contributed by atoms with Crippen LogP contribution in [0, 0.1) is 3.57 Å². The number of nitrogens with one attached hydrogen (secondary N) is 1. The first-order valence-electron chi connectivity index (χ1n) is 5.23. The van der Waals surface area contributed by atoms with E-state index in [0.717, 1.165) is 21.5 Å². The molecule has 3 nitrogen and oxygen atoms in total. The molecular formula is C12H11ClIN3. The van der Waals surface area contributed by atoms with Gasteiger partial charge in [-0.3, -0.25) is 0 Å². The highest BCUT2D eigenvalue weighted by atomic mass is 127. The molecule has 0 spiro atoms. The van der Waals surface area contributed by atoms with Crippen molar-refractivity contribution in [2.75, 3.05) is 11.9 Å². The quantitative estimate of drug-likeness (QED) is 0.846. The van der Waals surface area contributed by atoms with Crippen LogP contribution >= 0.6 is 34.2 Å². The van der Waals surface area contributed by atoms with Crippen molar-refractivity contribution in [3.05, 3.63) is 39.1 Å². The lowest BCUT2D eigenvalue weighted by molar-refractivity contribution is 1.10. The normalized spacial score (nSPS) is 10.3. The zero-order valence-electron chi connectivity index (χ0n) is 9.24. The van der Waals surface area contributed by atoms with Crippen molar-refractivity contribution in [3.63, 3.8) is 0 Å². The fourth-order valence-electron chi connectivity index (χ4n) is 1.43. The maximum atomic E-state index is 5.95. The second-order valence-electron chi connectivity index (χ2n) is 3.43. The Morgan fingerprint density at radius 2 is 2.24 bits per heavy atom. The van der Waals surface area contributed by atoms with Crippen molar-refractivity contribution in [2.45, 2.75) is 6.92 Å². The molecule has 0 aliphatic heterocycles. The van der Waals surface area contributed by atoms with E-state index in [1.54, 1.807) is 0 Å². The molecule has 0 unspecified atom stereocenters. The standard InChI is InChI=1S/C12H11ClIN3/c1-2-15-12-10(14)7-16-11(17-12)8-4-3-5-9(13)6-8/h3-7H,2H2,1H3,(H,15,16,17). The van der Waals surface area contributed by atoms with Gasteiger partial charge in [-0.1, -0.05) is 23.7 Å². The van der Waals surface area contributed by atoms with Gasteiger partial charge >= 0.3 is 0 Å². The third kappa shape index (κ3) is 3.07. The van der Waals surface area contributed by atoms with E-state index >= 15 is 0 Å². The van der Waals surface area contributed by atoms with Crippen LogP contribution in [-0.2, 0) is 0 Å². The van der Waals surface area contributed by atoms with Gasteiger partial charge in [0.15, 0.2) is 5.82 Å². The van der Waals surface area contributed by atoms with E-state index in [2.05, 4.69) is 37.9 Å². The molecule has 1 aromatic heterocycles. The van der Waals surface area contributed by atoms with Crippen LogP contribution < -0.4 is 5.32 Å². The van der Waals surface area contributed by atoms with E-state index in [1.807, 2.05) is 37.4 Å². The smallest absolute Gasteiger partial charge is 0.161 e. The minimum atomic E-state index is 0.684. The summed E-state index contributed by atoms with van der Waals surface area (Å²) in [7, 11) is 0. The maximum absolute atomic E-state index is 5.95. The Labute approximate surface area is 119 Å². The lowest BCUT2D eigenvalue weighted by Crippen LogP contribution is -2.03. The number of hydrogen-bond acceptors (Lipinski definition) is 3. The van der Waals surface area contributed by atoms with Gasteiger partial charge in [-0.05, 0) is 41.6 Å². The molecule has 1 aromatic carbocycles. The Kier molecular flexibility index (Phi) is 4.17. The molecule has 5 heteroatoms. The first kappa shape index (κ1) is 12.6. The second kappa shape index (κ2) is 5.64. The summed E-state index contributed by atoms with van der Waals surface area (Å²) in [6.07, 6.45) is 1.81. The van der Waals surface area contributed by atoms with Gasteiger partial charge in [0, 0.05) is 23.3 Å². The molecular weight excluding hydrogens is 349 g/mol. The van der Waals surface area contributed by atoms with Gasteiger partial charge in [0.25, 0.3) is 0 Å². The topological polar surface area (TPSA) is 37.8 Å². The predicted molar refractivity (Wildman–Crippen MR) is 79.4 cm³/mol. The molecule has 1 heterocycles. The SMILES string of the molecule is CCNc1nc(-c2cccc(Cl)c2)ncc1I. The minimum absolute atomic E-state index is 0.684. The van der Waals surface area contributed by atoms with Gasteiger partial charge in [-0.25, -0.2) is 9.97 Å². The van der Waals surface area contributed by atoms with E-state index in [0.29, 0.717) is 10.8 Å². The number of halogens is 2. The molecule has 2 aromatic rings. The van der Waals surface area contributed by atoms with Gasteiger partial charge in [-0.15, -0.1) is 0 Å². The molecule has 0 fully saturated rings. The molecule has 0 aliphatic rings. The Morgan fingerprint density at radius 3 is 2.94 bits per heavy atom. The molecule has 0 saturated heterocycles. The fraction of sp³-hybridized carbons (Fsp3) is 0.167. The van der Waals surface area contributed by atoms with Gasteiger partial charge in [-0.2, -0.15) is 0 Å². The molecule has 2 rings (SSSR count). The lowest BCUT2D eigenvalue weighted by atomic mass is 10.2. The Bertz CT molecular complexity index is 531.